The van der Waals surface area contributed by atoms with E-state index in [4.69, 9.17) is 0 Å². The van der Waals surface area contributed by atoms with Crippen LogP contribution in [0.2, 0.25) is 0 Å². The Morgan fingerprint density at radius 3 is 1.70 bits per heavy atom. The summed E-state index contributed by atoms with van der Waals surface area (Å²) in [5.74, 6) is 0. The van der Waals surface area contributed by atoms with Crippen LogP contribution in [0.15, 0.2) is 58.3 Å². The number of rotatable bonds is 14. The first-order valence-electron chi connectivity index (χ1n) is 13.0. The number of unbranched alkanes of at least 4 members (excludes halogenated alkanes) is 9. The third kappa shape index (κ3) is 8.33. The van der Waals surface area contributed by atoms with Gasteiger partial charge >= 0.3 is 0 Å². The zero-order valence-corrected chi connectivity index (χ0v) is 23.8. The summed E-state index contributed by atoms with van der Waals surface area (Å²) in [6, 6.07) is 18.3. The molecular weight excluding hydrogens is 488 g/mol. The molecule has 0 spiro atoms. The number of quaternary nitrogens is 1. The topological polar surface area (TPSA) is 3.24 Å². The van der Waals surface area contributed by atoms with Crippen LogP contribution in [0.1, 0.15) is 78.1 Å². The van der Waals surface area contributed by atoms with Crippen molar-refractivity contribution in [2.75, 3.05) is 32.1 Å². The molecule has 2 nitrogen and oxygen atoms in total. The van der Waals surface area contributed by atoms with Crippen molar-refractivity contribution in [3.05, 3.63) is 48.5 Å². The van der Waals surface area contributed by atoms with Crippen LogP contribution in [-0.2, 0) is 0 Å². The molecule has 0 N–H and O–H groups in total. The predicted molar refractivity (Wildman–Crippen MR) is 142 cm³/mol. The Morgan fingerprint density at radius 1 is 0.727 bits per heavy atom. The van der Waals surface area contributed by atoms with Gasteiger partial charge in [-0.15, -0.1) is 0 Å². The molecule has 4 heteroatoms. The fraction of sp³-hybridized carbons (Fsp3) is 0.586. The van der Waals surface area contributed by atoms with Gasteiger partial charge in [0.15, 0.2) is 0 Å². The molecule has 2 aromatic carbocycles. The molecule has 0 saturated heterocycles. The Hall–Kier alpha value is -0.970. The van der Waals surface area contributed by atoms with Crippen LogP contribution in [-0.4, -0.2) is 37.7 Å². The highest BCUT2D eigenvalue weighted by Crippen LogP contribution is 2.48. The lowest BCUT2D eigenvalue weighted by atomic mass is 10.1. The standard InChI is InChI=1S/C29H45N2S.BrH/c1-5-6-7-8-9-10-11-12-13-18-23-31(3,4)25(2)24-30-26-19-14-16-21-28(26)32-29-22-17-15-20-27(29)30;/h14-17,19-22,25H,5-13,18,23-24H2,1-4H3;1H/q+1;/p-1. The number of hydrogen-bond acceptors (Lipinski definition) is 2. The summed E-state index contributed by atoms with van der Waals surface area (Å²) in [6.45, 7) is 7.05. The molecule has 33 heavy (non-hydrogen) atoms. The number of likely N-dealkylation sites (N-methyl/N-ethyl adjacent to an activating group) is 1. The van der Waals surface area contributed by atoms with Gasteiger partial charge in [0.2, 0.25) is 0 Å². The molecule has 0 saturated carbocycles. The van der Waals surface area contributed by atoms with E-state index in [1.807, 2.05) is 11.8 Å². The van der Waals surface area contributed by atoms with E-state index >= 15 is 0 Å². The molecule has 1 aliphatic rings. The average Bonchev–Trinajstić information content (AvgIpc) is 2.80. The van der Waals surface area contributed by atoms with Gasteiger partial charge in [0.25, 0.3) is 0 Å². The summed E-state index contributed by atoms with van der Waals surface area (Å²) in [7, 11) is 4.85. The number of para-hydroxylation sites is 2. The number of hydrogen-bond donors (Lipinski definition) is 0. The van der Waals surface area contributed by atoms with E-state index in [0.717, 1.165) is 11.0 Å². The van der Waals surface area contributed by atoms with E-state index in [1.165, 1.54) is 91.9 Å². The van der Waals surface area contributed by atoms with Crippen molar-refractivity contribution >= 4 is 23.1 Å². The summed E-state index contributed by atoms with van der Waals surface area (Å²) in [4.78, 5) is 5.31. The second-order valence-electron chi connectivity index (χ2n) is 10.2. The van der Waals surface area contributed by atoms with Crippen LogP contribution < -0.4 is 21.9 Å². The van der Waals surface area contributed by atoms with Crippen LogP contribution >= 0.6 is 11.8 Å². The van der Waals surface area contributed by atoms with Crippen molar-refractivity contribution in [2.24, 2.45) is 0 Å². The lowest BCUT2D eigenvalue weighted by molar-refractivity contribution is -0.911. The maximum atomic E-state index is 2.56. The Bertz CT molecular complexity index is 777. The monoisotopic (exact) mass is 532 g/mol. The van der Waals surface area contributed by atoms with E-state index < -0.39 is 0 Å². The average molecular weight is 534 g/mol. The van der Waals surface area contributed by atoms with Crippen molar-refractivity contribution in [1.82, 2.24) is 0 Å². The number of benzene rings is 2. The first-order chi connectivity index (χ1) is 15.5. The highest BCUT2D eigenvalue weighted by molar-refractivity contribution is 7.99. The molecule has 0 bridgehead atoms. The normalized spacial score (nSPS) is 13.8. The minimum atomic E-state index is 0. The number of nitrogens with zero attached hydrogens (tertiary/aromatic N) is 2. The first kappa shape index (κ1) is 28.3. The Morgan fingerprint density at radius 2 is 1.18 bits per heavy atom. The van der Waals surface area contributed by atoms with Crippen molar-refractivity contribution in [2.45, 2.75) is 93.9 Å². The van der Waals surface area contributed by atoms with Crippen LogP contribution in [0.5, 0.6) is 0 Å². The number of anilines is 2. The molecule has 1 atom stereocenters. The van der Waals surface area contributed by atoms with Crippen LogP contribution in [0.25, 0.3) is 0 Å². The van der Waals surface area contributed by atoms with E-state index in [2.05, 4.69) is 81.4 Å². The zero-order chi connectivity index (χ0) is 22.8. The van der Waals surface area contributed by atoms with Crippen LogP contribution in [0.3, 0.4) is 0 Å². The zero-order valence-electron chi connectivity index (χ0n) is 21.4. The summed E-state index contributed by atoms with van der Waals surface area (Å²) < 4.78 is 1.09. The van der Waals surface area contributed by atoms with Crippen molar-refractivity contribution in [3.8, 4) is 0 Å². The van der Waals surface area contributed by atoms with Gasteiger partial charge in [-0.25, -0.2) is 0 Å². The quantitative estimate of drug-likeness (QED) is 0.227. The predicted octanol–water partition coefficient (Wildman–Crippen LogP) is 5.68. The van der Waals surface area contributed by atoms with Gasteiger partial charge in [-0.2, -0.15) is 0 Å². The third-order valence-electron chi connectivity index (χ3n) is 7.26. The van der Waals surface area contributed by atoms with Crippen LogP contribution in [0, 0.1) is 0 Å². The largest absolute Gasteiger partial charge is 1.00 e. The van der Waals surface area contributed by atoms with Crippen molar-refractivity contribution in [3.63, 3.8) is 0 Å². The van der Waals surface area contributed by atoms with E-state index in [0.29, 0.717) is 6.04 Å². The Balaban J connectivity index is 0.00000385. The van der Waals surface area contributed by atoms with E-state index in [-0.39, 0.29) is 17.0 Å². The third-order valence-corrected chi connectivity index (χ3v) is 8.39. The van der Waals surface area contributed by atoms with Gasteiger partial charge in [-0.3, -0.25) is 0 Å². The van der Waals surface area contributed by atoms with E-state index in [9.17, 15) is 0 Å². The number of fused-ring (bicyclic) bond motifs is 2. The summed E-state index contributed by atoms with van der Waals surface area (Å²) in [6.07, 6.45) is 14.1. The highest BCUT2D eigenvalue weighted by Gasteiger charge is 2.30. The smallest absolute Gasteiger partial charge is 0.104 e. The maximum Gasteiger partial charge on any atom is 0.104 e. The maximum absolute atomic E-state index is 2.56. The minimum Gasteiger partial charge on any atom is -1.00 e. The molecule has 0 aromatic heterocycles. The first-order valence-corrected chi connectivity index (χ1v) is 13.8. The highest BCUT2D eigenvalue weighted by atomic mass is 79.9. The molecule has 0 aliphatic carbocycles. The summed E-state index contributed by atoms with van der Waals surface area (Å²) >= 11 is 1.90. The second-order valence-corrected chi connectivity index (χ2v) is 11.3. The van der Waals surface area contributed by atoms with Gasteiger partial charge < -0.3 is 26.4 Å². The Labute approximate surface area is 218 Å². The van der Waals surface area contributed by atoms with Crippen molar-refractivity contribution < 1.29 is 21.5 Å². The Kier molecular flexibility index (Phi) is 12.4. The molecule has 3 rings (SSSR count). The molecule has 0 radical (unpaired) electrons. The minimum absolute atomic E-state index is 0. The molecule has 2 aromatic rings. The fourth-order valence-corrected chi connectivity index (χ4v) is 5.79. The lowest BCUT2D eigenvalue weighted by Crippen LogP contribution is -3.00. The summed E-state index contributed by atoms with van der Waals surface area (Å²) in [5, 5.41) is 0. The van der Waals surface area contributed by atoms with Crippen LogP contribution in [0.4, 0.5) is 11.4 Å². The number of halogens is 1. The molecule has 0 amide bonds. The fourth-order valence-electron chi connectivity index (χ4n) is 4.69. The molecule has 1 unspecified atom stereocenters. The van der Waals surface area contributed by atoms with Gasteiger partial charge in [0, 0.05) is 9.79 Å². The van der Waals surface area contributed by atoms with Gasteiger partial charge in [0.1, 0.15) is 6.04 Å². The van der Waals surface area contributed by atoms with E-state index in [1.54, 1.807) is 0 Å². The molecular formula is C29H45BrN2S. The van der Waals surface area contributed by atoms with Gasteiger partial charge in [-0.1, -0.05) is 94.3 Å². The van der Waals surface area contributed by atoms with Gasteiger partial charge in [-0.05, 0) is 44.0 Å². The summed E-state index contributed by atoms with van der Waals surface area (Å²) in [5.41, 5.74) is 2.73. The lowest BCUT2D eigenvalue weighted by Gasteiger charge is -2.41. The van der Waals surface area contributed by atoms with Gasteiger partial charge in [0.05, 0.1) is 38.6 Å². The molecule has 184 valence electrons. The molecule has 0 fully saturated rings. The molecule has 1 heterocycles. The van der Waals surface area contributed by atoms with Crippen molar-refractivity contribution in [1.29, 1.82) is 0 Å². The molecule has 1 aliphatic heterocycles. The second kappa shape index (κ2) is 14.4. The SMILES string of the molecule is CCCCCCCCCCCC[N+](C)(C)C(C)CN1c2ccccc2Sc2ccccc21.[Br-].